The molecule has 6 heteroatoms. The molecule has 90 valence electrons. The van der Waals surface area contributed by atoms with Gasteiger partial charge < -0.3 is 4.42 Å². The van der Waals surface area contributed by atoms with E-state index in [9.17, 15) is 0 Å². The highest BCUT2D eigenvalue weighted by Crippen LogP contribution is 2.17. The molecule has 0 aliphatic heterocycles. The minimum Gasteiger partial charge on any atom is -0.467 e. The fourth-order valence-electron chi connectivity index (χ4n) is 1.74. The van der Waals surface area contributed by atoms with Gasteiger partial charge in [-0.25, -0.2) is 0 Å². The Labute approximate surface area is 108 Å². The molecule has 0 atom stereocenters. The molecule has 0 aliphatic carbocycles. The predicted molar refractivity (Wildman–Crippen MR) is 68.5 cm³/mol. The molecular formula is C12H10N4OS. The van der Waals surface area contributed by atoms with Gasteiger partial charge in [-0.15, -0.1) is 0 Å². The highest BCUT2D eigenvalue weighted by molar-refractivity contribution is 7.71. The zero-order valence-corrected chi connectivity index (χ0v) is 10.2. The van der Waals surface area contributed by atoms with Gasteiger partial charge in [-0.1, -0.05) is 0 Å². The number of nitrogens with one attached hydrogen (secondary N) is 1. The fourth-order valence-corrected chi connectivity index (χ4v) is 1.93. The van der Waals surface area contributed by atoms with E-state index < -0.39 is 0 Å². The first-order valence-corrected chi connectivity index (χ1v) is 5.83. The zero-order valence-electron chi connectivity index (χ0n) is 9.41. The average molecular weight is 258 g/mol. The summed E-state index contributed by atoms with van der Waals surface area (Å²) in [5, 5.41) is 7.03. The van der Waals surface area contributed by atoms with E-state index in [1.54, 1.807) is 18.7 Å². The van der Waals surface area contributed by atoms with Crippen LogP contribution < -0.4 is 0 Å². The van der Waals surface area contributed by atoms with E-state index in [1.807, 2.05) is 28.8 Å². The maximum atomic E-state index is 5.33. The smallest absolute Gasteiger partial charge is 0.195 e. The molecular weight excluding hydrogens is 248 g/mol. The lowest BCUT2D eigenvalue weighted by atomic mass is 10.2. The molecule has 0 aromatic carbocycles. The monoisotopic (exact) mass is 258 g/mol. The summed E-state index contributed by atoms with van der Waals surface area (Å²) in [5.74, 6) is 1.59. The van der Waals surface area contributed by atoms with Gasteiger partial charge in [0.25, 0.3) is 0 Å². The molecule has 0 aliphatic rings. The van der Waals surface area contributed by atoms with E-state index in [-0.39, 0.29) is 0 Å². The van der Waals surface area contributed by atoms with Crippen LogP contribution in [-0.4, -0.2) is 19.7 Å². The number of hydrogen-bond acceptors (Lipinski definition) is 4. The quantitative estimate of drug-likeness (QED) is 0.734. The molecule has 3 rings (SSSR count). The second-order valence-corrected chi connectivity index (χ2v) is 4.15. The van der Waals surface area contributed by atoms with E-state index in [4.69, 9.17) is 16.6 Å². The Morgan fingerprint density at radius 2 is 2.28 bits per heavy atom. The fraction of sp³-hybridized carbons (Fsp3) is 0.0833. The van der Waals surface area contributed by atoms with Crippen molar-refractivity contribution in [3.05, 3.63) is 53.5 Å². The summed E-state index contributed by atoms with van der Waals surface area (Å²) in [4.78, 5) is 4.08. The second kappa shape index (κ2) is 4.58. The van der Waals surface area contributed by atoms with Crippen LogP contribution in [-0.2, 0) is 6.54 Å². The van der Waals surface area contributed by atoms with Gasteiger partial charge in [0, 0.05) is 18.0 Å². The van der Waals surface area contributed by atoms with Crippen molar-refractivity contribution in [3.8, 4) is 11.4 Å². The van der Waals surface area contributed by atoms with Gasteiger partial charge in [0.1, 0.15) is 5.76 Å². The van der Waals surface area contributed by atoms with Crippen LogP contribution in [0.4, 0.5) is 0 Å². The first-order chi connectivity index (χ1) is 8.84. The Morgan fingerprint density at radius 3 is 3.00 bits per heavy atom. The average Bonchev–Trinajstić information content (AvgIpc) is 3.03. The maximum absolute atomic E-state index is 5.33. The lowest BCUT2D eigenvalue weighted by Gasteiger charge is -2.04. The summed E-state index contributed by atoms with van der Waals surface area (Å²) in [5.41, 5.74) is 0.913. The van der Waals surface area contributed by atoms with Crippen molar-refractivity contribution in [2.75, 3.05) is 0 Å². The van der Waals surface area contributed by atoms with Crippen molar-refractivity contribution >= 4 is 12.2 Å². The van der Waals surface area contributed by atoms with Crippen LogP contribution in [0.15, 0.2) is 47.3 Å². The summed E-state index contributed by atoms with van der Waals surface area (Å²) in [6.07, 6.45) is 5.12. The number of H-pyrrole nitrogens is 1. The van der Waals surface area contributed by atoms with Gasteiger partial charge >= 0.3 is 0 Å². The first kappa shape index (κ1) is 10.9. The SMILES string of the molecule is S=c1[nH]nc(-c2cccnc2)n1Cc1ccco1. The van der Waals surface area contributed by atoms with Crippen LogP contribution in [0.25, 0.3) is 11.4 Å². The highest BCUT2D eigenvalue weighted by atomic mass is 32.1. The molecule has 3 heterocycles. The van der Waals surface area contributed by atoms with Crippen LogP contribution in [0, 0.1) is 4.77 Å². The molecule has 3 aromatic rings. The van der Waals surface area contributed by atoms with Gasteiger partial charge in [0.2, 0.25) is 0 Å². The molecule has 0 bridgehead atoms. The van der Waals surface area contributed by atoms with Gasteiger partial charge in [-0.3, -0.25) is 14.6 Å². The number of furan rings is 1. The Balaban J connectivity index is 2.04. The third-order valence-corrected chi connectivity index (χ3v) is 2.88. The zero-order chi connectivity index (χ0) is 12.4. The summed E-state index contributed by atoms with van der Waals surface area (Å²) in [6, 6.07) is 7.56. The number of hydrogen-bond donors (Lipinski definition) is 1. The molecule has 3 aromatic heterocycles. The van der Waals surface area contributed by atoms with E-state index in [0.717, 1.165) is 17.1 Å². The molecule has 5 nitrogen and oxygen atoms in total. The number of aromatic amines is 1. The standard InChI is InChI=1S/C12H10N4OS/c18-12-15-14-11(9-3-1-5-13-7-9)16(12)8-10-4-2-6-17-10/h1-7H,8H2,(H,15,18). The third kappa shape index (κ3) is 1.98. The van der Waals surface area contributed by atoms with E-state index in [0.29, 0.717) is 11.3 Å². The molecule has 0 amide bonds. The molecule has 0 saturated carbocycles. The van der Waals surface area contributed by atoms with Gasteiger partial charge in [0.05, 0.1) is 12.8 Å². The van der Waals surface area contributed by atoms with Crippen molar-refractivity contribution in [3.63, 3.8) is 0 Å². The lowest BCUT2D eigenvalue weighted by Crippen LogP contribution is -2.01. The Morgan fingerprint density at radius 1 is 1.33 bits per heavy atom. The summed E-state index contributed by atoms with van der Waals surface area (Å²) in [7, 11) is 0. The molecule has 0 unspecified atom stereocenters. The van der Waals surface area contributed by atoms with Gasteiger partial charge in [-0.05, 0) is 36.5 Å². The summed E-state index contributed by atoms with van der Waals surface area (Å²) < 4.78 is 7.77. The van der Waals surface area contributed by atoms with Gasteiger partial charge in [-0.2, -0.15) is 5.10 Å². The van der Waals surface area contributed by atoms with E-state index in [1.165, 1.54) is 0 Å². The number of rotatable bonds is 3. The maximum Gasteiger partial charge on any atom is 0.195 e. The lowest BCUT2D eigenvalue weighted by molar-refractivity contribution is 0.493. The van der Waals surface area contributed by atoms with Crippen molar-refractivity contribution in [2.45, 2.75) is 6.54 Å². The van der Waals surface area contributed by atoms with E-state index >= 15 is 0 Å². The first-order valence-electron chi connectivity index (χ1n) is 5.42. The Hall–Kier alpha value is -2.21. The minimum atomic E-state index is 0.548. The number of pyridine rings is 1. The van der Waals surface area contributed by atoms with Crippen LogP contribution in [0.1, 0.15) is 5.76 Å². The van der Waals surface area contributed by atoms with Crippen molar-refractivity contribution in [1.82, 2.24) is 19.7 Å². The van der Waals surface area contributed by atoms with Crippen LogP contribution in [0.5, 0.6) is 0 Å². The summed E-state index contributed by atoms with van der Waals surface area (Å²) >= 11 is 5.23. The van der Waals surface area contributed by atoms with Gasteiger partial charge in [0.15, 0.2) is 10.6 Å². The van der Waals surface area contributed by atoms with Crippen molar-refractivity contribution in [2.24, 2.45) is 0 Å². The molecule has 0 fully saturated rings. The van der Waals surface area contributed by atoms with Crippen molar-refractivity contribution < 1.29 is 4.42 Å². The molecule has 0 spiro atoms. The Kier molecular flexibility index (Phi) is 2.77. The van der Waals surface area contributed by atoms with Crippen LogP contribution in [0.3, 0.4) is 0 Å². The van der Waals surface area contributed by atoms with E-state index in [2.05, 4.69) is 15.2 Å². The number of aromatic nitrogens is 4. The molecule has 0 radical (unpaired) electrons. The molecule has 0 saturated heterocycles. The summed E-state index contributed by atoms with van der Waals surface area (Å²) in [6.45, 7) is 0.548. The highest BCUT2D eigenvalue weighted by Gasteiger charge is 2.10. The number of nitrogens with zero attached hydrogens (tertiary/aromatic N) is 3. The van der Waals surface area contributed by atoms with Crippen LogP contribution in [0.2, 0.25) is 0 Å². The Bertz CT molecular complexity index is 684. The predicted octanol–water partition coefficient (Wildman–Crippen LogP) is 2.64. The minimum absolute atomic E-state index is 0.548. The largest absolute Gasteiger partial charge is 0.467 e. The third-order valence-electron chi connectivity index (χ3n) is 2.57. The second-order valence-electron chi connectivity index (χ2n) is 3.76. The van der Waals surface area contributed by atoms with Crippen molar-refractivity contribution in [1.29, 1.82) is 0 Å². The van der Waals surface area contributed by atoms with Crippen LogP contribution >= 0.6 is 12.2 Å². The topological polar surface area (TPSA) is 59.6 Å². The molecule has 18 heavy (non-hydrogen) atoms. The molecule has 1 N–H and O–H groups in total. The normalized spacial score (nSPS) is 10.7.